The number of hydrogen-bond donors (Lipinski definition) is 2. The Hall–Kier alpha value is -2.29. The Balaban J connectivity index is 1.80. The van der Waals surface area contributed by atoms with Crippen molar-refractivity contribution in [3.05, 3.63) is 54.1 Å². The van der Waals surface area contributed by atoms with Gasteiger partial charge >= 0.3 is 0 Å². The molecule has 3 rings (SSSR count). The number of aromatic nitrogens is 2. The number of hydrogen-bond acceptors (Lipinski definition) is 2. The first-order valence-corrected chi connectivity index (χ1v) is 7.08. The smallest absolute Gasteiger partial charge is 0.205 e. The number of fused-ring (bicyclic) bond motifs is 1. The molecule has 1 atom stereocenters. The first kappa shape index (κ1) is 12.7. The van der Waals surface area contributed by atoms with E-state index in [1.807, 2.05) is 24.3 Å². The first-order chi connectivity index (χ1) is 9.76. The van der Waals surface area contributed by atoms with E-state index < -0.39 is 0 Å². The van der Waals surface area contributed by atoms with Crippen molar-refractivity contribution in [1.29, 1.82) is 0 Å². The van der Waals surface area contributed by atoms with Gasteiger partial charge in [0.25, 0.3) is 0 Å². The maximum Gasteiger partial charge on any atom is 0.205 e. The summed E-state index contributed by atoms with van der Waals surface area (Å²) in [4.78, 5) is 7.79. The number of benzene rings is 2. The molecule has 0 radical (unpaired) electrons. The van der Waals surface area contributed by atoms with E-state index in [0.29, 0.717) is 5.92 Å². The minimum atomic E-state index is 0.607. The quantitative estimate of drug-likeness (QED) is 0.710. The Morgan fingerprint density at radius 1 is 1.10 bits per heavy atom. The highest BCUT2D eigenvalue weighted by atomic mass is 15.1. The van der Waals surface area contributed by atoms with Gasteiger partial charge in [-0.1, -0.05) is 38.1 Å². The molecule has 2 aromatic carbocycles. The summed E-state index contributed by atoms with van der Waals surface area (Å²) < 4.78 is 0. The standard InChI is InChI=1S/C17H19N3/c1-3-12(2)13-8-10-14(11-9-13)18-17-19-15-6-4-5-7-16(15)20-17/h4-12H,3H2,1-2H3,(H2,18,19,20). The number of nitrogens with one attached hydrogen (secondary N) is 2. The number of anilines is 2. The number of nitrogens with zero attached hydrogens (tertiary/aromatic N) is 1. The SMILES string of the molecule is CCC(C)c1ccc(Nc2nc3ccccc3[nH]2)cc1. The summed E-state index contributed by atoms with van der Waals surface area (Å²) in [6.07, 6.45) is 1.16. The third-order valence-corrected chi connectivity index (χ3v) is 3.74. The van der Waals surface area contributed by atoms with Crippen molar-refractivity contribution >= 4 is 22.7 Å². The zero-order valence-electron chi connectivity index (χ0n) is 11.9. The van der Waals surface area contributed by atoms with Gasteiger partial charge in [-0.05, 0) is 42.2 Å². The second-order valence-electron chi connectivity index (χ2n) is 5.16. The van der Waals surface area contributed by atoms with E-state index in [9.17, 15) is 0 Å². The summed E-state index contributed by atoms with van der Waals surface area (Å²) in [5.74, 6) is 1.39. The fourth-order valence-electron chi connectivity index (χ4n) is 2.28. The van der Waals surface area contributed by atoms with Gasteiger partial charge in [-0.2, -0.15) is 0 Å². The van der Waals surface area contributed by atoms with Crippen LogP contribution >= 0.6 is 0 Å². The number of para-hydroxylation sites is 2. The van der Waals surface area contributed by atoms with Gasteiger partial charge in [0.1, 0.15) is 0 Å². The predicted octanol–water partition coefficient (Wildman–Crippen LogP) is 4.82. The Morgan fingerprint density at radius 3 is 2.55 bits per heavy atom. The third-order valence-electron chi connectivity index (χ3n) is 3.74. The van der Waals surface area contributed by atoms with Crippen LogP contribution in [-0.4, -0.2) is 9.97 Å². The molecule has 1 aromatic heterocycles. The number of aromatic amines is 1. The Bertz CT molecular complexity index is 665. The molecule has 3 heteroatoms. The van der Waals surface area contributed by atoms with Gasteiger partial charge in [-0.3, -0.25) is 0 Å². The fraction of sp³-hybridized carbons (Fsp3) is 0.235. The van der Waals surface area contributed by atoms with E-state index in [2.05, 4.69) is 53.4 Å². The van der Waals surface area contributed by atoms with Gasteiger partial charge in [0.2, 0.25) is 5.95 Å². The van der Waals surface area contributed by atoms with Crippen LogP contribution in [0.4, 0.5) is 11.6 Å². The average molecular weight is 265 g/mol. The van der Waals surface area contributed by atoms with Crippen molar-refractivity contribution in [2.24, 2.45) is 0 Å². The zero-order valence-corrected chi connectivity index (χ0v) is 11.9. The lowest BCUT2D eigenvalue weighted by molar-refractivity contribution is 0.734. The molecule has 0 amide bonds. The van der Waals surface area contributed by atoms with Crippen LogP contribution in [0.3, 0.4) is 0 Å². The molecule has 1 heterocycles. The van der Waals surface area contributed by atoms with Crippen LogP contribution in [0.15, 0.2) is 48.5 Å². The van der Waals surface area contributed by atoms with Crippen LogP contribution in [0.25, 0.3) is 11.0 Å². The van der Waals surface area contributed by atoms with E-state index in [1.54, 1.807) is 0 Å². The molecule has 3 aromatic rings. The lowest BCUT2D eigenvalue weighted by Crippen LogP contribution is -1.94. The van der Waals surface area contributed by atoms with Crippen LogP contribution in [0.2, 0.25) is 0 Å². The molecule has 0 bridgehead atoms. The Kier molecular flexibility index (Phi) is 3.42. The van der Waals surface area contributed by atoms with E-state index >= 15 is 0 Å². The van der Waals surface area contributed by atoms with Crippen molar-refractivity contribution in [3.8, 4) is 0 Å². The van der Waals surface area contributed by atoms with Crippen molar-refractivity contribution in [1.82, 2.24) is 9.97 Å². The Labute approximate surface area is 119 Å². The van der Waals surface area contributed by atoms with Gasteiger partial charge in [-0.15, -0.1) is 0 Å². The molecule has 20 heavy (non-hydrogen) atoms. The van der Waals surface area contributed by atoms with Crippen molar-refractivity contribution < 1.29 is 0 Å². The second-order valence-corrected chi connectivity index (χ2v) is 5.16. The second kappa shape index (κ2) is 5.37. The summed E-state index contributed by atoms with van der Waals surface area (Å²) in [6, 6.07) is 16.6. The van der Waals surface area contributed by atoms with Gasteiger partial charge in [0, 0.05) is 5.69 Å². The normalized spacial score (nSPS) is 12.5. The molecule has 2 N–H and O–H groups in total. The molecule has 0 saturated heterocycles. The molecule has 1 unspecified atom stereocenters. The summed E-state index contributed by atoms with van der Waals surface area (Å²) in [5, 5.41) is 3.31. The number of imidazole rings is 1. The van der Waals surface area contributed by atoms with Crippen LogP contribution in [0.1, 0.15) is 31.7 Å². The molecule has 0 aliphatic heterocycles. The molecule has 0 spiro atoms. The van der Waals surface area contributed by atoms with Crippen LogP contribution in [0, 0.1) is 0 Å². The maximum absolute atomic E-state index is 4.52. The van der Waals surface area contributed by atoms with E-state index in [1.165, 1.54) is 5.56 Å². The van der Waals surface area contributed by atoms with E-state index in [-0.39, 0.29) is 0 Å². The first-order valence-electron chi connectivity index (χ1n) is 7.08. The maximum atomic E-state index is 4.52. The minimum absolute atomic E-state index is 0.607. The van der Waals surface area contributed by atoms with Crippen LogP contribution in [-0.2, 0) is 0 Å². The molecule has 3 nitrogen and oxygen atoms in total. The number of H-pyrrole nitrogens is 1. The minimum Gasteiger partial charge on any atom is -0.326 e. The van der Waals surface area contributed by atoms with E-state index in [0.717, 1.165) is 29.1 Å². The molecule has 0 saturated carbocycles. The largest absolute Gasteiger partial charge is 0.326 e. The summed E-state index contributed by atoms with van der Waals surface area (Å²) in [6.45, 7) is 4.47. The molecule has 102 valence electrons. The van der Waals surface area contributed by atoms with Gasteiger partial charge < -0.3 is 10.3 Å². The molecular formula is C17H19N3. The average Bonchev–Trinajstić information content (AvgIpc) is 2.89. The summed E-state index contributed by atoms with van der Waals surface area (Å²) in [7, 11) is 0. The molecule has 0 aliphatic carbocycles. The van der Waals surface area contributed by atoms with E-state index in [4.69, 9.17) is 0 Å². The van der Waals surface area contributed by atoms with Crippen molar-refractivity contribution in [2.75, 3.05) is 5.32 Å². The zero-order chi connectivity index (χ0) is 13.9. The molecular weight excluding hydrogens is 246 g/mol. The van der Waals surface area contributed by atoms with Crippen LogP contribution < -0.4 is 5.32 Å². The molecule has 0 fully saturated rings. The fourth-order valence-corrected chi connectivity index (χ4v) is 2.28. The lowest BCUT2D eigenvalue weighted by atomic mass is 9.99. The van der Waals surface area contributed by atoms with Crippen LogP contribution in [0.5, 0.6) is 0 Å². The van der Waals surface area contributed by atoms with Gasteiger partial charge in [0.15, 0.2) is 0 Å². The highest BCUT2D eigenvalue weighted by molar-refractivity contribution is 5.78. The van der Waals surface area contributed by atoms with Crippen molar-refractivity contribution in [2.45, 2.75) is 26.2 Å². The third kappa shape index (κ3) is 2.52. The van der Waals surface area contributed by atoms with Gasteiger partial charge in [0.05, 0.1) is 11.0 Å². The Morgan fingerprint density at radius 2 is 1.85 bits per heavy atom. The van der Waals surface area contributed by atoms with Crippen molar-refractivity contribution in [3.63, 3.8) is 0 Å². The highest BCUT2D eigenvalue weighted by Crippen LogP contribution is 2.22. The molecule has 0 aliphatic rings. The van der Waals surface area contributed by atoms with Gasteiger partial charge in [-0.25, -0.2) is 4.98 Å². The highest BCUT2D eigenvalue weighted by Gasteiger charge is 2.04. The summed E-state index contributed by atoms with van der Waals surface area (Å²) >= 11 is 0. The lowest BCUT2D eigenvalue weighted by Gasteiger charge is -2.10. The topological polar surface area (TPSA) is 40.7 Å². The predicted molar refractivity (Wildman–Crippen MR) is 84.5 cm³/mol. The monoisotopic (exact) mass is 265 g/mol. The summed E-state index contributed by atoms with van der Waals surface area (Å²) in [5.41, 5.74) is 4.45. The number of rotatable bonds is 4.